The molecule has 5 heteroatoms. The minimum atomic E-state index is -0.937. The maximum absolute atomic E-state index is 11.2. The van der Waals surface area contributed by atoms with Crippen molar-refractivity contribution < 1.29 is 14.6 Å². The van der Waals surface area contributed by atoms with Gasteiger partial charge in [0.05, 0.1) is 5.60 Å². The topological polar surface area (TPSA) is 71.5 Å². The summed E-state index contributed by atoms with van der Waals surface area (Å²) >= 11 is 0. The van der Waals surface area contributed by atoms with E-state index in [0.29, 0.717) is 0 Å². The number of nitrogens with one attached hydrogen (secondary N) is 1. The first-order valence-corrected chi connectivity index (χ1v) is 4.99. The van der Waals surface area contributed by atoms with Crippen molar-refractivity contribution in [2.24, 2.45) is 0 Å². The van der Waals surface area contributed by atoms with E-state index in [2.05, 4.69) is 10.3 Å². The number of carbonyl (C=O) groups is 1. The Labute approximate surface area is 94.5 Å². The molecular weight excluding hydrogens is 208 g/mol. The van der Waals surface area contributed by atoms with Crippen LogP contribution in [-0.4, -0.2) is 28.3 Å². The number of aliphatic hydroxyl groups is 1. The van der Waals surface area contributed by atoms with Crippen LogP contribution in [0.1, 0.15) is 19.4 Å². The highest BCUT2D eigenvalue weighted by molar-refractivity contribution is 5.67. The highest BCUT2D eigenvalue weighted by atomic mass is 16.5. The van der Waals surface area contributed by atoms with Gasteiger partial charge in [0.25, 0.3) is 0 Å². The first-order valence-electron chi connectivity index (χ1n) is 4.99. The summed E-state index contributed by atoms with van der Waals surface area (Å²) in [5.41, 5.74) is -0.117. The van der Waals surface area contributed by atoms with Gasteiger partial charge in [0, 0.05) is 24.5 Å². The van der Waals surface area contributed by atoms with E-state index in [4.69, 9.17) is 4.74 Å². The molecule has 0 radical (unpaired) electrons. The zero-order valence-corrected chi connectivity index (χ0v) is 9.43. The summed E-state index contributed by atoms with van der Waals surface area (Å²) in [5.74, 6) is 0. The van der Waals surface area contributed by atoms with Gasteiger partial charge in [-0.3, -0.25) is 4.98 Å². The number of amides is 1. The molecule has 1 aromatic heterocycles. The fourth-order valence-corrected chi connectivity index (χ4v) is 0.972. The average molecular weight is 224 g/mol. The van der Waals surface area contributed by atoms with E-state index in [-0.39, 0.29) is 13.2 Å². The van der Waals surface area contributed by atoms with Crippen LogP contribution in [0, 0.1) is 0 Å². The molecule has 88 valence electrons. The van der Waals surface area contributed by atoms with Gasteiger partial charge in [0.1, 0.15) is 6.61 Å². The Morgan fingerprint density at radius 1 is 1.62 bits per heavy atom. The number of alkyl carbamates (subject to hydrolysis) is 1. The van der Waals surface area contributed by atoms with Crippen LogP contribution in [0.4, 0.5) is 4.79 Å². The van der Waals surface area contributed by atoms with Gasteiger partial charge in [-0.15, -0.1) is 0 Å². The van der Waals surface area contributed by atoms with Gasteiger partial charge in [-0.1, -0.05) is 6.07 Å². The second-order valence-corrected chi connectivity index (χ2v) is 4.10. The normalized spacial score (nSPS) is 10.9. The van der Waals surface area contributed by atoms with Crippen LogP contribution in [0.25, 0.3) is 0 Å². The number of nitrogens with zero attached hydrogens (tertiary/aromatic N) is 1. The van der Waals surface area contributed by atoms with Crippen LogP contribution >= 0.6 is 0 Å². The lowest BCUT2D eigenvalue weighted by molar-refractivity contribution is 0.0730. The highest BCUT2D eigenvalue weighted by Gasteiger charge is 2.14. The molecule has 0 saturated carbocycles. The van der Waals surface area contributed by atoms with Gasteiger partial charge < -0.3 is 15.2 Å². The summed E-state index contributed by atoms with van der Waals surface area (Å²) in [7, 11) is 0. The van der Waals surface area contributed by atoms with Crippen molar-refractivity contribution in [2.75, 3.05) is 6.54 Å². The Balaban J connectivity index is 2.26. The Morgan fingerprint density at radius 3 is 2.94 bits per heavy atom. The molecule has 0 atom stereocenters. The lowest BCUT2D eigenvalue weighted by Crippen LogP contribution is -2.38. The molecule has 1 amide bonds. The van der Waals surface area contributed by atoms with Crippen LogP contribution in [0.3, 0.4) is 0 Å². The van der Waals surface area contributed by atoms with Crippen LogP contribution < -0.4 is 5.32 Å². The van der Waals surface area contributed by atoms with E-state index in [1.807, 2.05) is 6.07 Å². The number of ether oxygens (including phenoxy) is 1. The maximum Gasteiger partial charge on any atom is 0.407 e. The Morgan fingerprint density at radius 2 is 2.38 bits per heavy atom. The molecule has 0 aliphatic carbocycles. The monoisotopic (exact) mass is 224 g/mol. The quantitative estimate of drug-likeness (QED) is 0.802. The molecule has 0 aliphatic rings. The molecule has 5 nitrogen and oxygen atoms in total. The van der Waals surface area contributed by atoms with Crippen molar-refractivity contribution in [3.8, 4) is 0 Å². The van der Waals surface area contributed by atoms with Gasteiger partial charge in [0.2, 0.25) is 0 Å². The van der Waals surface area contributed by atoms with Crippen LogP contribution in [0.15, 0.2) is 24.5 Å². The van der Waals surface area contributed by atoms with Crippen molar-refractivity contribution in [3.63, 3.8) is 0 Å². The summed E-state index contributed by atoms with van der Waals surface area (Å²) in [4.78, 5) is 15.1. The first-order chi connectivity index (χ1) is 7.47. The number of pyridine rings is 1. The van der Waals surface area contributed by atoms with Crippen molar-refractivity contribution in [1.29, 1.82) is 0 Å². The predicted molar refractivity (Wildman–Crippen MR) is 58.7 cm³/mol. The minimum absolute atomic E-state index is 0.152. The Kier molecular flexibility index (Phi) is 4.25. The second kappa shape index (κ2) is 5.46. The maximum atomic E-state index is 11.2. The molecule has 0 spiro atoms. The number of aromatic nitrogens is 1. The molecule has 2 N–H and O–H groups in total. The van der Waals surface area contributed by atoms with Gasteiger partial charge in [-0.05, 0) is 19.9 Å². The fourth-order valence-electron chi connectivity index (χ4n) is 0.972. The standard InChI is InChI=1S/C11H16N2O3/c1-11(2,15)8-13-10(14)16-7-9-4-3-5-12-6-9/h3-6,15H,7-8H2,1-2H3,(H,13,14). The summed E-state index contributed by atoms with van der Waals surface area (Å²) in [6, 6.07) is 3.59. The predicted octanol–water partition coefficient (Wildman–Crippen LogP) is 1.08. The molecule has 0 fully saturated rings. The number of rotatable bonds is 4. The minimum Gasteiger partial charge on any atom is -0.445 e. The van der Waals surface area contributed by atoms with Crippen LogP contribution in [-0.2, 0) is 11.3 Å². The van der Waals surface area contributed by atoms with Crippen molar-refractivity contribution >= 4 is 6.09 Å². The first kappa shape index (κ1) is 12.4. The fraction of sp³-hybridized carbons (Fsp3) is 0.455. The average Bonchev–Trinajstić information content (AvgIpc) is 2.24. The SMILES string of the molecule is CC(C)(O)CNC(=O)OCc1cccnc1. The van der Waals surface area contributed by atoms with Gasteiger partial charge in [-0.2, -0.15) is 0 Å². The van der Waals surface area contributed by atoms with Crippen molar-refractivity contribution in [1.82, 2.24) is 10.3 Å². The van der Waals surface area contributed by atoms with Gasteiger partial charge >= 0.3 is 6.09 Å². The number of hydrogen-bond acceptors (Lipinski definition) is 4. The zero-order chi connectivity index (χ0) is 12.0. The summed E-state index contributed by atoms with van der Waals surface area (Å²) in [5, 5.41) is 11.8. The van der Waals surface area contributed by atoms with E-state index in [0.717, 1.165) is 5.56 Å². The Bertz CT molecular complexity index is 333. The molecule has 0 bridgehead atoms. The molecule has 16 heavy (non-hydrogen) atoms. The molecule has 1 heterocycles. The van der Waals surface area contributed by atoms with E-state index in [9.17, 15) is 9.90 Å². The Hall–Kier alpha value is -1.62. The second-order valence-electron chi connectivity index (χ2n) is 4.10. The van der Waals surface area contributed by atoms with Crippen LogP contribution in [0.2, 0.25) is 0 Å². The highest BCUT2D eigenvalue weighted by Crippen LogP contribution is 2.00. The molecule has 1 aromatic rings. The molecule has 1 rings (SSSR count). The summed E-state index contributed by atoms with van der Waals surface area (Å²) in [6.45, 7) is 3.53. The third-order valence-electron chi connectivity index (χ3n) is 1.76. The van der Waals surface area contributed by atoms with Crippen molar-refractivity contribution in [3.05, 3.63) is 30.1 Å². The van der Waals surface area contributed by atoms with E-state index < -0.39 is 11.7 Å². The molecule has 0 unspecified atom stereocenters. The molecular formula is C11H16N2O3. The number of carbonyl (C=O) groups excluding carboxylic acids is 1. The van der Waals surface area contributed by atoms with Gasteiger partial charge in [-0.25, -0.2) is 4.79 Å². The van der Waals surface area contributed by atoms with E-state index in [1.165, 1.54) is 0 Å². The van der Waals surface area contributed by atoms with E-state index in [1.54, 1.807) is 32.3 Å². The third-order valence-corrected chi connectivity index (χ3v) is 1.76. The molecule has 0 aromatic carbocycles. The number of hydrogen-bond donors (Lipinski definition) is 2. The molecule has 0 aliphatic heterocycles. The lowest BCUT2D eigenvalue weighted by atomic mass is 10.1. The third kappa shape index (κ3) is 5.31. The van der Waals surface area contributed by atoms with Gasteiger partial charge in [0.15, 0.2) is 0 Å². The van der Waals surface area contributed by atoms with Crippen LogP contribution in [0.5, 0.6) is 0 Å². The zero-order valence-electron chi connectivity index (χ0n) is 9.43. The summed E-state index contributed by atoms with van der Waals surface area (Å²) < 4.78 is 4.92. The lowest BCUT2D eigenvalue weighted by Gasteiger charge is -2.17. The van der Waals surface area contributed by atoms with E-state index >= 15 is 0 Å². The molecule has 0 saturated heterocycles. The smallest absolute Gasteiger partial charge is 0.407 e. The summed E-state index contributed by atoms with van der Waals surface area (Å²) in [6.07, 6.45) is 2.73. The van der Waals surface area contributed by atoms with Crippen molar-refractivity contribution in [2.45, 2.75) is 26.1 Å². The largest absolute Gasteiger partial charge is 0.445 e.